The van der Waals surface area contributed by atoms with Crippen molar-refractivity contribution in [1.29, 1.82) is 0 Å². The lowest BCUT2D eigenvalue weighted by atomic mass is 9.95. The number of rotatable bonds is 3. The van der Waals surface area contributed by atoms with E-state index in [2.05, 4.69) is 15.9 Å². The van der Waals surface area contributed by atoms with Gasteiger partial charge in [0.05, 0.1) is 12.5 Å². The molecule has 1 saturated carbocycles. The summed E-state index contributed by atoms with van der Waals surface area (Å²) in [6, 6.07) is 2.88. The SMILES string of the molecule is COc1c(F)cc(Br)cc1C1(C(=O)O)CC1. The van der Waals surface area contributed by atoms with Gasteiger partial charge in [0.2, 0.25) is 0 Å². The largest absolute Gasteiger partial charge is 0.493 e. The third-order valence-electron chi connectivity index (χ3n) is 2.89. The van der Waals surface area contributed by atoms with Crippen molar-refractivity contribution in [3.05, 3.63) is 28.0 Å². The van der Waals surface area contributed by atoms with E-state index in [0.29, 0.717) is 22.9 Å². The fourth-order valence-corrected chi connectivity index (χ4v) is 2.28. The van der Waals surface area contributed by atoms with Crippen molar-refractivity contribution < 1.29 is 19.0 Å². The minimum atomic E-state index is -0.962. The van der Waals surface area contributed by atoms with Crippen LogP contribution in [-0.4, -0.2) is 18.2 Å². The van der Waals surface area contributed by atoms with E-state index < -0.39 is 17.2 Å². The van der Waals surface area contributed by atoms with E-state index in [-0.39, 0.29) is 5.75 Å². The average molecular weight is 289 g/mol. The lowest BCUT2D eigenvalue weighted by Gasteiger charge is -2.15. The van der Waals surface area contributed by atoms with Gasteiger partial charge < -0.3 is 9.84 Å². The second-order valence-electron chi connectivity index (χ2n) is 3.86. The Bertz CT molecular complexity index is 455. The molecule has 0 aliphatic heterocycles. The third kappa shape index (κ3) is 1.59. The summed E-state index contributed by atoms with van der Waals surface area (Å²) in [4.78, 5) is 11.2. The molecule has 0 spiro atoms. The van der Waals surface area contributed by atoms with Crippen LogP contribution in [0.4, 0.5) is 4.39 Å². The van der Waals surface area contributed by atoms with Gasteiger partial charge in [0.25, 0.3) is 0 Å². The molecule has 0 saturated heterocycles. The average Bonchev–Trinajstić information content (AvgIpc) is 2.97. The van der Waals surface area contributed by atoms with Gasteiger partial charge in [0, 0.05) is 10.0 Å². The summed E-state index contributed by atoms with van der Waals surface area (Å²) in [6.07, 6.45) is 1.04. The van der Waals surface area contributed by atoms with Crippen molar-refractivity contribution in [3.8, 4) is 5.75 Å². The quantitative estimate of drug-likeness (QED) is 0.930. The normalized spacial score (nSPS) is 16.9. The molecule has 0 aromatic heterocycles. The maximum atomic E-state index is 13.6. The summed E-state index contributed by atoms with van der Waals surface area (Å²) in [6.45, 7) is 0. The first kappa shape index (κ1) is 11.4. The van der Waals surface area contributed by atoms with Gasteiger partial charge in [0.15, 0.2) is 11.6 Å². The molecule has 1 aliphatic rings. The van der Waals surface area contributed by atoms with Crippen molar-refractivity contribution in [2.45, 2.75) is 18.3 Å². The molecule has 0 atom stereocenters. The molecular formula is C11H10BrFO3. The monoisotopic (exact) mass is 288 g/mol. The van der Waals surface area contributed by atoms with Gasteiger partial charge >= 0.3 is 5.97 Å². The Balaban J connectivity index is 2.60. The Hall–Kier alpha value is -1.10. The van der Waals surface area contributed by atoms with Crippen LogP contribution in [0.2, 0.25) is 0 Å². The number of carbonyl (C=O) groups is 1. The minimum absolute atomic E-state index is 0.0306. The van der Waals surface area contributed by atoms with E-state index in [4.69, 9.17) is 9.84 Å². The first-order valence-corrected chi connectivity index (χ1v) is 5.57. The summed E-state index contributed by atoms with van der Waals surface area (Å²) in [7, 11) is 1.34. The first-order chi connectivity index (χ1) is 7.51. The minimum Gasteiger partial charge on any atom is -0.493 e. The van der Waals surface area contributed by atoms with Gasteiger partial charge in [-0.3, -0.25) is 4.79 Å². The number of carboxylic acids is 1. The molecule has 0 radical (unpaired) electrons. The van der Waals surface area contributed by atoms with Gasteiger partial charge in [-0.05, 0) is 25.0 Å². The van der Waals surface area contributed by atoms with E-state index in [1.165, 1.54) is 13.2 Å². The van der Waals surface area contributed by atoms with Gasteiger partial charge in [-0.25, -0.2) is 4.39 Å². The van der Waals surface area contributed by atoms with Crippen LogP contribution in [0.25, 0.3) is 0 Å². The van der Waals surface area contributed by atoms with E-state index in [0.717, 1.165) is 0 Å². The molecule has 1 aliphatic carbocycles. The van der Waals surface area contributed by atoms with Crippen molar-refractivity contribution in [3.63, 3.8) is 0 Å². The van der Waals surface area contributed by atoms with Gasteiger partial charge in [-0.1, -0.05) is 15.9 Å². The zero-order chi connectivity index (χ0) is 11.9. The van der Waals surface area contributed by atoms with Crippen molar-refractivity contribution in [2.24, 2.45) is 0 Å². The maximum Gasteiger partial charge on any atom is 0.314 e. The highest BCUT2D eigenvalue weighted by Crippen LogP contribution is 2.52. The van der Waals surface area contributed by atoms with Crippen molar-refractivity contribution >= 4 is 21.9 Å². The number of carboxylic acid groups (broad SMARTS) is 1. The Morgan fingerprint density at radius 3 is 2.62 bits per heavy atom. The zero-order valence-corrected chi connectivity index (χ0v) is 10.2. The summed E-state index contributed by atoms with van der Waals surface area (Å²) in [5.74, 6) is -1.44. The predicted molar refractivity (Wildman–Crippen MR) is 59.2 cm³/mol. The van der Waals surface area contributed by atoms with Crippen molar-refractivity contribution in [2.75, 3.05) is 7.11 Å². The van der Waals surface area contributed by atoms with E-state index in [1.807, 2.05) is 0 Å². The number of methoxy groups -OCH3 is 1. The molecule has 0 unspecified atom stereocenters. The van der Waals surface area contributed by atoms with Crippen LogP contribution in [0.3, 0.4) is 0 Å². The number of aliphatic carboxylic acids is 1. The first-order valence-electron chi connectivity index (χ1n) is 4.78. The maximum absolute atomic E-state index is 13.6. The topological polar surface area (TPSA) is 46.5 Å². The molecule has 5 heteroatoms. The Labute approximate surface area is 100 Å². The van der Waals surface area contributed by atoms with Crippen LogP contribution >= 0.6 is 15.9 Å². The lowest BCUT2D eigenvalue weighted by Crippen LogP contribution is -2.20. The lowest BCUT2D eigenvalue weighted by molar-refractivity contribution is -0.140. The third-order valence-corrected chi connectivity index (χ3v) is 3.35. The number of benzene rings is 1. The summed E-state index contributed by atoms with van der Waals surface area (Å²) >= 11 is 3.16. The van der Waals surface area contributed by atoms with E-state index in [1.54, 1.807) is 6.07 Å². The summed E-state index contributed by atoms with van der Waals surface area (Å²) in [5.41, 5.74) is -0.551. The Morgan fingerprint density at radius 1 is 1.56 bits per heavy atom. The molecule has 1 aromatic carbocycles. The molecule has 86 valence electrons. The van der Waals surface area contributed by atoms with Crippen LogP contribution in [0.15, 0.2) is 16.6 Å². The Morgan fingerprint density at radius 2 is 2.19 bits per heavy atom. The number of hydrogen-bond acceptors (Lipinski definition) is 2. The smallest absolute Gasteiger partial charge is 0.314 e. The molecule has 0 heterocycles. The molecule has 2 rings (SSSR count). The molecular weight excluding hydrogens is 279 g/mol. The molecule has 1 N–H and O–H groups in total. The number of hydrogen-bond donors (Lipinski definition) is 1. The standard InChI is InChI=1S/C11H10BrFO3/c1-16-9-7(4-6(12)5-8(9)13)11(2-3-11)10(14)15/h4-5H,2-3H2,1H3,(H,14,15). The summed E-state index contributed by atoms with van der Waals surface area (Å²) in [5, 5.41) is 9.17. The highest BCUT2D eigenvalue weighted by Gasteiger charge is 2.53. The highest BCUT2D eigenvalue weighted by molar-refractivity contribution is 9.10. The second kappa shape index (κ2) is 3.73. The molecule has 0 amide bonds. The van der Waals surface area contributed by atoms with Gasteiger partial charge in [-0.15, -0.1) is 0 Å². The molecule has 3 nitrogen and oxygen atoms in total. The molecule has 0 bridgehead atoms. The van der Waals surface area contributed by atoms with Crippen LogP contribution in [-0.2, 0) is 10.2 Å². The highest BCUT2D eigenvalue weighted by atomic mass is 79.9. The van der Waals surface area contributed by atoms with E-state index in [9.17, 15) is 9.18 Å². The molecule has 1 aromatic rings. The Kier molecular flexibility index (Phi) is 2.66. The van der Waals surface area contributed by atoms with Crippen LogP contribution in [0.5, 0.6) is 5.75 Å². The van der Waals surface area contributed by atoms with Crippen LogP contribution in [0.1, 0.15) is 18.4 Å². The van der Waals surface area contributed by atoms with Gasteiger partial charge in [-0.2, -0.15) is 0 Å². The molecule has 16 heavy (non-hydrogen) atoms. The fourth-order valence-electron chi connectivity index (χ4n) is 1.85. The second-order valence-corrected chi connectivity index (χ2v) is 4.77. The van der Waals surface area contributed by atoms with Crippen molar-refractivity contribution in [1.82, 2.24) is 0 Å². The predicted octanol–water partition coefficient (Wildman–Crippen LogP) is 2.71. The molecule has 1 fully saturated rings. The fraction of sp³-hybridized carbons (Fsp3) is 0.364. The van der Waals surface area contributed by atoms with Crippen LogP contribution in [0, 0.1) is 5.82 Å². The number of ether oxygens (including phenoxy) is 1. The van der Waals surface area contributed by atoms with E-state index >= 15 is 0 Å². The summed E-state index contributed by atoms with van der Waals surface area (Å²) < 4.78 is 19.1. The van der Waals surface area contributed by atoms with Crippen LogP contribution < -0.4 is 4.74 Å². The van der Waals surface area contributed by atoms with Gasteiger partial charge in [0.1, 0.15) is 0 Å². The number of halogens is 2. The zero-order valence-electron chi connectivity index (χ0n) is 8.59.